The summed E-state index contributed by atoms with van der Waals surface area (Å²) in [6.45, 7) is 16.3. The average molecular weight is 1130 g/mol. The van der Waals surface area contributed by atoms with E-state index in [-0.39, 0.29) is 17.5 Å². The van der Waals surface area contributed by atoms with Crippen molar-refractivity contribution in [1.29, 1.82) is 0 Å². The van der Waals surface area contributed by atoms with Crippen LogP contribution in [-0.4, -0.2) is 11.3 Å². The maximum atomic E-state index is 2.73. The van der Waals surface area contributed by atoms with Crippen molar-refractivity contribution in [2.75, 3.05) is 9.80 Å². The quantitative estimate of drug-likeness (QED) is 0.120. The Kier molecular flexibility index (Phi) is 13.6. The van der Waals surface area contributed by atoms with E-state index in [0.29, 0.717) is 0 Å². The maximum Gasteiger partial charge on any atom is 0.252 e. The molecule has 88 heavy (non-hydrogen) atoms. The number of hydrogen-bond donors (Lipinski definition) is 0. The Hall–Kier alpha value is -9.90. The fourth-order valence-corrected chi connectivity index (χ4v) is 14.2. The van der Waals surface area contributed by atoms with Gasteiger partial charge in [-0.1, -0.05) is 261 Å². The van der Waals surface area contributed by atoms with Crippen LogP contribution in [0.25, 0.3) is 83.1 Å². The Labute approximate surface area is 519 Å². The molecular weight excluding hydrogens is 1060 g/mol. The number of benzene rings is 12. The summed E-state index contributed by atoms with van der Waals surface area (Å²) in [5.74, 6) is 0. The normalized spacial score (nSPS) is 12.8. The van der Waals surface area contributed by atoms with Crippen LogP contribution in [0.3, 0.4) is 0 Å². The van der Waals surface area contributed by atoms with Gasteiger partial charge in [-0.15, -0.1) is 0 Å². The summed E-state index contributed by atoms with van der Waals surface area (Å²) in [5, 5.41) is 2.49. The summed E-state index contributed by atoms with van der Waals surface area (Å²) in [7, 11) is 0. The molecule has 0 aliphatic carbocycles. The van der Waals surface area contributed by atoms with E-state index < -0.39 is 0 Å². The van der Waals surface area contributed by atoms with Gasteiger partial charge in [0.15, 0.2) is 0 Å². The largest absolute Gasteiger partial charge is 0.310 e. The summed E-state index contributed by atoms with van der Waals surface area (Å²) in [5.41, 5.74) is 30.0. The summed E-state index contributed by atoms with van der Waals surface area (Å²) in [6.07, 6.45) is 3.06. The zero-order valence-electron chi connectivity index (χ0n) is 51.5. The first kappa shape index (κ1) is 54.7. The van der Waals surface area contributed by atoms with E-state index in [4.69, 9.17) is 0 Å². The van der Waals surface area contributed by atoms with Crippen molar-refractivity contribution in [1.82, 2.24) is 4.57 Å². The van der Waals surface area contributed by atoms with Gasteiger partial charge in [0.2, 0.25) is 0 Å². The number of para-hydroxylation sites is 2. The Morgan fingerprint density at radius 2 is 0.750 bits per heavy atom. The van der Waals surface area contributed by atoms with Crippen molar-refractivity contribution in [3.8, 4) is 61.3 Å². The van der Waals surface area contributed by atoms with Gasteiger partial charge in [0, 0.05) is 61.5 Å². The van der Waals surface area contributed by atoms with Gasteiger partial charge >= 0.3 is 0 Å². The molecule has 0 atom stereocenters. The average Bonchev–Trinajstić information content (AvgIpc) is 0.772. The van der Waals surface area contributed by atoms with E-state index in [1.165, 1.54) is 145 Å². The number of fused-ring (bicyclic) bond motifs is 7. The van der Waals surface area contributed by atoms with Gasteiger partial charge in [-0.3, -0.25) is 0 Å². The number of aromatic nitrogens is 1. The monoisotopic (exact) mass is 1130 g/mol. The molecule has 3 nitrogen and oxygen atoms in total. The number of aryl methyl sites for hydroxylation is 1. The molecule has 0 saturated carbocycles. The topological polar surface area (TPSA) is 11.4 Å². The molecule has 0 bridgehead atoms. The predicted molar refractivity (Wildman–Crippen MR) is 378 cm³/mol. The summed E-state index contributed by atoms with van der Waals surface area (Å²) < 4.78 is 2.50. The van der Waals surface area contributed by atoms with Crippen molar-refractivity contribution in [2.45, 2.75) is 78.6 Å². The molecular formula is C84H72BN3. The fraction of sp³-hybridized carbons (Fsp3) is 0.143. The number of unbranched alkanes of at least 4 members (excludes halogenated alkanes) is 1. The Balaban J connectivity index is 1.14. The summed E-state index contributed by atoms with van der Waals surface area (Å²) in [6, 6.07) is 104. The minimum atomic E-state index is -0.165. The highest BCUT2D eigenvalue weighted by Crippen LogP contribution is 2.55. The highest BCUT2D eigenvalue weighted by Gasteiger charge is 2.46. The lowest BCUT2D eigenvalue weighted by Crippen LogP contribution is -2.61. The number of nitrogens with zero attached hydrogens (tertiary/aromatic N) is 3. The van der Waals surface area contributed by atoms with Crippen LogP contribution in [-0.2, 0) is 17.3 Å². The smallest absolute Gasteiger partial charge is 0.252 e. The first-order chi connectivity index (χ1) is 42.9. The fourth-order valence-electron chi connectivity index (χ4n) is 14.2. The molecule has 426 valence electrons. The van der Waals surface area contributed by atoms with Crippen LogP contribution in [0.5, 0.6) is 0 Å². The lowest BCUT2D eigenvalue weighted by atomic mass is 9.33. The third-order valence-corrected chi connectivity index (χ3v) is 18.6. The van der Waals surface area contributed by atoms with Gasteiger partial charge in [-0.25, -0.2) is 0 Å². The molecule has 0 radical (unpaired) electrons. The molecule has 2 aliphatic rings. The van der Waals surface area contributed by atoms with E-state index >= 15 is 0 Å². The van der Waals surface area contributed by atoms with Crippen molar-refractivity contribution in [3.63, 3.8) is 0 Å². The molecule has 4 heteroatoms. The molecule has 13 aromatic rings. The van der Waals surface area contributed by atoms with Crippen LogP contribution in [0.2, 0.25) is 0 Å². The van der Waals surface area contributed by atoms with Crippen LogP contribution in [0.4, 0.5) is 34.1 Å². The standard InChI is InChI=1S/C84H72BN3/c1-8-9-29-56-48-78-80-79(49-56)88(82-70(60-36-21-13-22-37-60)53-64(84(5,6)7)54-71(82)61-38-23-14-24-39-61)77-55-65(86-74-42-27-25-40-66(74)67-41-26-28-43-75(67)86)45-46-72(77)85(80)73-50-62(57-30-15-10-16-31-57)44-47-76(73)87(78)81-68(58-32-17-11-18-33-58)51-63(83(2,3)4)52-69(81)59-34-19-12-20-35-59/h10-28,30-55H,8-9,29H2,1-7H3. The Bertz CT molecular complexity index is 4610. The minimum absolute atomic E-state index is 0.141. The second-order valence-electron chi connectivity index (χ2n) is 26.3. The molecule has 12 aromatic carbocycles. The van der Waals surface area contributed by atoms with Crippen molar-refractivity contribution < 1.29 is 0 Å². The van der Waals surface area contributed by atoms with Gasteiger partial charge in [0.1, 0.15) is 0 Å². The van der Waals surface area contributed by atoms with E-state index in [1.54, 1.807) is 0 Å². The lowest BCUT2D eigenvalue weighted by molar-refractivity contribution is 0.590. The molecule has 0 fully saturated rings. The van der Waals surface area contributed by atoms with Gasteiger partial charge < -0.3 is 14.4 Å². The minimum Gasteiger partial charge on any atom is -0.310 e. The molecule has 3 heterocycles. The number of anilines is 6. The molecule has 0 unspecified atom stereocenters. The molecule has 1 aromatic heterocycles. The van der Waals surface area contributed by atoms with E-state index in [2.05, 4.69) is 336 Å². The Morgan fingerprint density at radius 1 is 0.341 bits per heavy atom. The van der Waals surface area contributed by atoms with Crippen LogP contribution < -0.4 is 26.2 Å². The molecule has 15 rings (SSSR count). The molecule has 2 aliphatic heterocycles. The molecule has 0 spiro atoms. The first-order valence-corrected chi connectivity index (χ1v) is 31.6. The molecule has 0 amide bonds. The van der Waals surface area contributed by atoms with Crippen molar-refractivity contribution in [2.24, 2.45) is 0 Å². The van der Waals surface area contributed by atoms with Gasteiger partial charge in [-0.05, 0) is 157 Å². The zero-order chi connectivity index (χ0) is 59.8. The van der Waals surface area contributed by atoms with Crippen LogP contribution in [0, 0.1) is 0 Å². The van der Waals surface area contributed by atoms with Crippen LogP contribution >= 0.6 is 0 Å². The van der Waals surface area contributed by atoms with Gasteiger partial charge in [0.25, 0.3) is 6.71 Å². The van der Waals surface area contributed by atoms with Crippen LogP contribution in [0.15, 0.2) is 273 Å². The highest BCUT2D eigenvalue weighted by atomic mass is 15.2. The SMILES string of the molecule is CCCCc1cc2c3c(c1)N(c1c(-c4ccccc4)cc(C(C)(C)C)cc1-c1ccccc1)c1cc(-n4c5ccccc5c5ccccc54)ccc1B3c1cc(-c3ccccc3)ccc1N2c1c(-c2ccccc2)cc(C(C)(C)C)cc1-c1ccccc1. The van der Waals surface area contributed by atoms with Crippen LogP contribution in [0.1, 0.15) is 78.0 Å². The lowest BCUT2D eigenvalue weighted by Gasteiger charge is -2.46. The highest BCUT2D eigenvalue weighted by molar-refractivity contribution is 7.00. The zero-order valence-corrected chi connectivity index (χ0v) is 51.5. The number of hydrogen-bond acceptors (Lipinski definition) is 2. The second-order valence-corrected chi connectivity index (χ2v) is 26.3. The van der Waals surface area contributed by atoms with E-state index in [9.17, 15) is 0 Å². The third kappa shape index (κ3) is 9.36. The molecule has 0 N–H and O–H groups in total. The van der Waals surface area contributed by atoms with E-state index in [0.717, 1.165) is 24.9 Å². The first-order valence-electron chi connectivity index (χ1n) is 31.6. The third-order valence-electron chi connectivity index (χ3n) is 18.6. The second kappa shape index (κ2) is 21.8. The Morgan fingerprint density at radius 3 is 1.18 bits per heavy atom. The van der Waals surface area contributed by atoms with Crippen molar-refractivity contribution in [3.05, 3.63) is 290 Å². The summed E-state index contributed by atoms with van der Waals surface area (Å²) >= 11 is 0. The van der Waals surface area contributed by atoms with Crippen molar-refractivity contribution >= 4 is 79.0 Å². The maximum absolute atomic E-state index is 2.73. The van der Waals surface area contributed by atoms with Gasteiger partial charge in [-0.2, -0.15) is 0 Å². The number of rotatable bonds is 11. The van der Waals surface area contributed by atoms with E-state index in [1.807, 2.05) is 0 Å². The predicted octanol–water partition coefficient (Wildman–Crippen LogP) is 21.1. The van der Waals surface area contributed by atoms with Gasteiger partial charge in [0.05, 0.1) is 22.4 Å². The summed E-state index contributed by atoms with van der Waals surface area (Å²) in [4.78, 5) is 5.44. The molecule has 0 saturated heterocycles.